The van der Waals surface area contributed by atoms with Crippen LogP contribution in [0.5, 0.6) is 0 Å². The lowest BCUT2D eigenvalue weighted by atomic mass is 9.98. The third-order valence-corrected chi connectivity index (χ3v) is 6.50. The minimum Gasteiger partial charge on any atom is -0.480 e. The SMILES string of the molecule is COCCC(NC(=O)Cc1csc(NC(=O)OCC2c3ccccc3-c3ccccc32)n1)C(=O)O. The first-order valence-corrected chi connectivity index (χ1v) is 11.9. The molecule has 3 aromatic rings. The van der Waals surface area contributed by atoms with Gasteiger partial charge < -0.3 is 19.9 Å². The van der Waals surface area contributed by atoms with Gasteiger partial charge >= 0.3 is 12.1 Å². The van der Waals surface area contributed by atoms with Crippen molar-refractivity contribution in [3.05, 3.63) is 70.7 Å². The monoisotopic (exact) mass is 495 g/mol. The molecule has 10 heteroatoms. The Bertz CT molecular complexity index is 1180. The lowest BCUT2D eigenvalue weighted by Crippen LogP contribution is -2.42. The maximum absolute atomic E-state index is 12.4. The molecule has 2 amide bonds. The first-order chi connectivity index (χ1) is 17.0. The van der Waals surface area contributed by atoms with Crippen LogP contribution in [0.25, 0.3) is 11.1 Å². The van der Waals surface area contributed by atoms with Gasteiger partial charge in [-0.2, -0.15) is 0 Å². The van der Waals surface area contributed by atoms with Crippen LogP contribution in [0.2, 0.25) is 0 Å². The van der Waals surface area contributed by atoms with Crippen molar-refractivity contribution in [3.8, 4) is 11.1 Å². The lowest BCUT2D eigenvalue weighted by Gasteiger charge is -2.14. The molecule has 0 bridgehead atoms. The van der Waals surface area contributed by atoms with E-state index in [1.807, 2.05) is 36.4 Å². The van der Waals surface area contributed by atoms with Crippen molar-refractivity contribution in [2.75, 3.05) is 25.6 Å². The number of fused-ring (bicyclic) bond motifs is 3. The van der Waals surface area contributed by atoms with Crippen molar-refractivity contribution in [1.82, 2.24) is 10.3 Å². The maximum atomic E-state index is 12.4. The molecule has 1 heterocycles. The number of amides is 2. The van der Waals surface area contributed by atoms with Crippen LogP contribution in [0, 0.1) is 0 Å². The highest BCUT2D eigenvalue weighted by atomic mass is 32.1. The molecular formula is C25H25N3O6S. The number of hydrogen-bond acceptors (Lipinski definition) is 7. The van der Waals surface area contributed by atoms with Gasteiger partial charge in [-0.3, -0.25) is 10.1 Å². The van der Waals surface area contributed by atoms with Crippen LogP contribution in [0.4, 0.5) is 9.93 Å². The van der Waals surface area contributed by atoms with Gasteiger partial charge in [0.2, 0.25) is 5.91 Å². The number of nitrogens with zero attached hydrogens (tertiary/aromatic N) is 1. The van der Waals surface area contributed by atoms with Gasteiger partial charge in [-0.05, 0) is 22.3 Å². The van der Waals surface area contributed by atoms with Crippen molar-refractivity contribution in [2.24, 2.45) is 0 Å². The second-order valence-corrected chi connectivity index (χ2v) is 8.87. The normalized spacial score (nSPS) is 12.9. The van der Waals surface area contributed by atoms with E-state index in [1.54, 1.807) is 5.38 Å². The molecule has 1 aliphatic rings. The van der Waals surface area contributed by atoms with Crippen LogP contribution in [0.3, 0.4) is 0 Å². The highest BCUT2D eigenvalue weighted by Crippen LogP contribution is 2.44. The summed E-state index contributed by atoms with van der Waals surface area (Å²) in [6, 6.07) is 15.1. The Labute approximate surface area is 206 Å². The summed E-state index contributed by atoms with van der Waals surface area (Å²) in [4.78, 5) is 40.1. The zero-order valence-corrected chi connectivity index (χ0v) is 19.8. The quantitative estimate of drug-likeness (QED) is 0.392. The third kappa shape index (κ3) is 5.84. The number of aliphatic carboxylic acids is 1. The number of hydrogen-bond donors (Lipinski definition) is 3. The molecule has 4 rings (SSSR count). The second-order valence-electron chi connectivity index (χ2n) is 8.01. The van der Waals surface area contributed by atoms with Crippen LogP contribution in [-0.4, -0.2) is 54.4 Å². The molecule has 1 unspecified atom stereocenters. The van der Waals surface area contributed by atoms with Crippen LogP contribution < -0.4 is 10.6 Å². The molecule has 9 nitrogen and oxygen atoms in total. The van der Waals surface area contributed by atoms with Crippen LogP contribution >= 0.6 is 11.3 Å². The molecule has 2 aromatic carbocycles. The van der Waals surface area contributed by atoms with Gasteiger partial charge in [0.05, 0.1) is 12.1 Å². The van der Waals surface area contributed by atoms with E-state index in [2.05, 4.69) is 27.8 Å². The van der Waals surface area contributed by atoms with Crippen LogP contribution in [-0.2, 0) is 25.5 Å². The second kappa shape index (κ2) is 11.1. The van der Waals surface area contributed by atoms with Crippen molar-refractivity contribution in [3.63, 3.8) is 0 Å². The number of aromatic nitrogens is 1. The summed E-state index contributed by atoms with van der Waals surface area (Å²) < 4.78 is 10.4. The first kappa shape index (κ1) is 24.4. The molecule has 0 spiro atoms. The van der Waals surface area contributed by atoms with Crippen molar-refractivity contribution >= 4 is 34.4 Å². The van der Waals surface area contributed by atoms with Gasteiger partial charge in [-0.15, -0.1) is 11.3 Å². The highest BCUT2D eigenvalue weighted by molar-refractivity contribution is 7.13. The number of carbonyl (C=O) groups excluding carboxylic acids is 2. The van der Waals surface area contributed by atoms with E-state index in [1.165, 1.54) is 7.11 Å². The molecule has 0 saturated carbocycles. The van der Waals surface area contributed by atoms with E-state index in [0.717, 1.165) is 33.6 Å². The smallest absolute Gasteiger partial charge is 0.413 e. The Balaban J connectivity index is 1.30. The van der Waals surface area contributed by atoms with Crippen molar-refractivity contribution in [2.45, 2.75) is 24.8 Å². The Morgan fingerprint density at radius 1 is 1.09 bits per heavy atom. The highest BCUT2D eigenvalue weighted by Gasteiger charge is 2.29. The molecule has 0 aliphatic heterocycles. The van der Waals surface area contributed by atoms with Gasteiger partial charge in [0.25, 0.3) is 0 Å². The zero-order chi connectivity index (χ0) is 24.8. The Hall–Kier alpha value is -3.76. The number of carbonyl (C=O) groups is 3. The molecule has 182 valence electrons. The number of carboxylic acids is 1. The maximum Gasteiger partial charge on any atom is 0.413 e. The molecular weight excluding hydrogens is 470 g/mol. The molecule has 0 radical (unpaired) electrons. The number of rotatable bonds is 10. The van der Waals surface area contributed by atoms with E-state index in [4.69, 9.17) is 9.47 Å². The van der Waals surface area contributed by atoms with Crippen LogP contribution in [0.15, 0.2) is 53.9 Å². The topological polar surface area (TPSA) is 127 Å². The standard InChI is InChI=1S/C25H25N3O6S/c1-33-11-10-21(23(30)31)27-22(29)12-15-14-35-24(26-15)28-25(32)34-13-20-18-8-4-2-6-16(18)17-7-3-5-9-19(17)20/h2-9,14,20-21H,10-13H2,1H3,(H,27,29)(H,30,31)(H,26,28,32). The number of carboxylic acid groups (broad SMARTS) is 1. The number of ether oxygens (including phenoxy) is 2. The lowest BCUT2D eigenvalue weighted by molar-refractivity contribution is -0.142. The van der Waals surface area contributed by atoms with E-state index in [0.29, 0.717) is 10.8 Å². The number of thiazole rings is 1. The minimum absolute atomic E-state index is 0.0519. The average molecular weight is 496 g/mol. The fourth-order valence-corrected chi connectivity index (χ4v) is 4.77. The zero-order valence-electron chi connectivity index (χ0n) is 19.0. The van der Waals surface area contributed by atoms with E-state index in [-0.39, 0.29) is 32.0 Å². The third-order valence-electron chi connectivity index (χ3n) is 5.69. The Kier molecular flexibility index (Phi) is 7.74. The summed E-state index contributed by atoms with van der Waals surface area (Å²) in [5.41, 5.74) is 4.94. The van der Waals surface area contributed by atoms with Crippen molar-refractivity contribution in [1.29, 1.82) is 0 Å². The molecule has 1 aliphatic carbocycles. The average Bonchev–Trinajstić information content (AvgIpc) is 3.41. The minimum atomic E-state index is -1.13. The number of benzene rings is 2. The molecule has 1 aromatic heterocycles. The predicted molar refractivity (Wildman–Crippen MR) is 131 cm³/mol. The Morgan fingerprint density at radius 3 is 2.37 bits per heavy atom. The van der Waals surface area contributed by atoms with E-state index in [9.17, 15) is 19.5 Å². The fraction of sp³-hybridized carbons (Fsp3) is 0.280. The van der Waals surface area contributed by atoms with Gasteiger partial charge in [0, 0.05) is 31.4 Å². The first-order valence-electron chi connectivity index (χ1n) is 11.0. The van der Waals surface area contributed by atoms with Gasteiger partial charge in [-0.25, -0.2) is 14.6 Å². The summed E-state index contributed by atoms with van der Waals surface area (Å²) in [7, 11) is 1.46. The summed E-state index contributed by atoms with van der Waals surface area (Å²) in [5, 5.41) is 16.2. The molecule has 3 N–H and O–H groups in total. The molecule has 1 atom stereocenters. The summed E-state index contributed by atoms with van der Waals surface area (Å²) in [5.74, 6) is -1.67. The van der Waals surface area contributed by atoms with E-state index < -0.39 is 24.0 Å². The number of anilines is 1. The fourth-order valence-electron chi connectivity index (χ4n) is 4.07. The Morgan fingerprint density at radius 2 is 1.74 bits per heavy atom. The molecule has 0 fully saturated rings. The predicted octanol–water partition coefficient (Wildman–Crippen LogP) is 3.65. The van der Waals surface area contributed by atoms with Gasteiger partial charge in [0.15, 0.2) is 5.13 Å². The number of nitrogens with one attached hydrogen (secondary N) is 2. The summed E-state index contributed by atoms with van der Waals surface area (Å²) in [6.45, 7) is 0.390. The summed E-state index contributed by atoms with van der Waals surface area (Å²) in [6.07, 6.45) is -0.592. The van der Waals surface area contributed by atoms with Gasteiger partial charge in [0.1, 0.15) is 12.6 Å². The van der Waals surface area contributed by atoms with Crippen LogP contribution in [0.1, 0.15) is 29.2 Å². The number of methoxy groups -OCH3 is 1. The summed E-state index contributed by atoms with van der Waals surface area (Å²) >= 11 is 1.15. The largest absolute Gasteiger partial charge is 0.480 e. The van der Waals surface area contributed by atoms with Crippen molar-refractivity contribution < 1.29 is 29.0 Å². The van der Waals surface area contributed by atoms with E-state index >= 15 is 0 Å². The van der Waals surface area contributed by atoms with Gasteiger partial charge in [-0.1, -0.05) is 48.5 Å². The molecule has 35 heavy (non-hydrogen) atoms. The molecule has 0 saturated heterocycles.